The number of fused-ring (bicyclic) bond motifs is 1. The second kappa shape index (κ2) is 7.44. The van der Waals surface area contributed by atoms with Crippen LogP contribution in [-0.2, 0) is 4.74 Å². The highest BCUT2D eigenvalue weighted by Crippen LogP contribution is 2.35. The van der Waals surface area contributed by atoms with Crippen LogP contribution in [0.2, 0.25) is 5.02 Å². The molecular weight excluding hydrogens is 446 g/mol. The van der Waals surface area contributed by atoms with Crippen LogP contribution in [0.15, 0.2) is 10.5 Å². The van der Waals surface area contributed by atoms with Crippen molar-refractivity contribution in [3.8, 4) is 0 Å². The smallest absolute Gasteiger partial charge is 0.410 e. The molecule has 27 heavy (non-hydrogen) atoms. The third kappa shape index (κ3) is 4.14. The topological polar surface area (TPSA) is 67.3 Å². The zero-order valence-electron chi connectivity index (χ0n) is 14.9. The first-order valence-electron chi connectivity index (χ1n) is 8.29. The van der Waals surface area contributed by atoms with Crippen LogP contribution in [0.4, 0.5) is 13.6 Å². The van der Waals surface area contributed by atoms with E-state index in [1.165, 1.54) is 11.0 Å². The summed E-state index contributed by atoms with van der Waals surface area (Å²) in [6.07, 6.45) is -1.63. The fourth-order valence-electron chi connectivity index (χ4n) is 2.91. The minimum atomic E-state index is -1.08. The third-order valence-electron chi connectivity index (χ3n) is 4.02. The molecule has 1 atom stereocenters. The maximum absolute atomic E-state index is 14.6. The highest BCUT2D eigenvalue weighted by Gasteiger charge is 2.34. The van der Waals surface area contributed by atoms with E-state index in [1.54, 1.807) is 20.8 Å². The van der Waals surface area contributed by atoms with E-state index in [0.29, 0.717) is 19.6 Å². The molecule has 3 rings (SSSR count). The van der Waals surface area contributed by atoms with Crippen molar-refractivity contribution in [1.82, 2.24) is 20.2 Å². The SMILES string of the molecule is CC(C)(C)OC(=O)N1CCNCC1c1nc(F)nc2c(F)c(Br)c(Cl)cc12. The first-order chi connectivity index (χ1) is 12.6. The summed E-state index contributed by atoms with van der Waals surface area (Å²) in [7, 11) is 0. The number of carbonyl (C=O) groups excluding carboxylic acids is 1. The van der Waals surface area contributed by atoms with E-state index in [4.69, 9.17) is 16.3 Å². The van der Waals surface area contributed by atoms with E-state index >= 15 is 0 Å². The molecule has 2 aromatic rings. The number of rotatable bonds is 1. The Kier molecular flexibility index (Phi) is 5.56. The van der Waals surface area contributed by atoms with Gasteiger partial charge in [-0.05, 0) is 42.8 Å². The Labute approximate surface area is 168 Å². The van der Waals surface area contributed by atoms with Gasteiger partial charge < -0.3 is 10.1 Å². The molecule has 0 aliphatic carbocycles. The first kappa shape index (κ1) is 20.2. The van der Waals surface area contributed by atoms with Gasteiger partial charge in [0.1, 0.15) is 11.1 Å². The molecule has 0 saturated carbocycles. The molecule has 1 fully saturated rings. The fourth-order valence-corrected chi connectivity index (χ4v) is 3.40. The first-order valence-corrected chi connectivity index (χ1v) is 9.46. The summed E-state index contributed by atoms with van der Waals surface area (Å²) >= 11 is 9.10. The second-order valence-electron chi connectivity index (χ2n) is 7.15. The molecule has 1 unspecified atom stereocenters. The minimum absolute atomic E-state index is 0.00788. The lowest BCUT2D eigenvalue weighted by molar-refractivity contribution is 0.0114. The van der Waals surface area contributed by atoms with Crippen molar-refractivity contribution in [3.63, 3.8) is 0 Å². The number of carbonyl (C=O) groups is 1. The molecule has 1 N–H and O–H groups in total. The standard InChI is InChI=1S/C17H18BrClF2N4O2/c1-17(2,3)27-16(26)25-5-4-22-7-10(25)13-8-6-9(19)11(18)12(20)14(8)24-15(21)23-13/h6,10,22H,4-5,7H2,1-3H3. The van der Waals surface area contributed by atoms with E-state index in [9.17, 15) is 13.6 Å². The Hall–Kier alpha value is -1.58. The van der Waals surface area contributed by atoms with Crippen LogP contribution in [0.1, 0.15) is 32.5 Å². The summed E-state index contributed by atoms with van der Waals surface area (Å²) in [5.41, 5.74) is -0.724. The second-order valence-corrected chi connectivity index (χ2v) is 8.35. The number of hydrogen-bond acceptors (Lipinski definition) is 5. The van der Waals surface area contributed by atoms with Gasteiger partial charge in [0.2, 0.25) is 0 Å². The predicted octanol–water partition coefficient (Wildman–Crippen LogP) is 4.21. The van der Waals surface area contributed by atoms with Crippen LogP contribution >= 0.6 is 27.5 Å². The van der Waals surface area contributed by atoms with Gasteiger partial charge in [-0.2, -0.15) is 9.37 Å². The number of benzene rings is 1. The minimum Gasteiger partial charge on any atom is -0.444 e. The quantitative estimate of drug-likeness (QED) is 0.507. The Bertz CT molecular complexity index is 907. The molecule has 0 spiro atoms. The zero-order valence-corrected chi connectivity index (χ0v) is 17.3. The van der Waals surface area contributed by atoms with Crippen molar-refractivity contribution in [2.45, 2.75) is 32.4 Å². The highest BCUT2D eigenvalue weighted by atomic mass is 79.9. The predicted molar refractivity (Wildman–Crippen MR) is 101 cm³/mol. The summed E-state index contributed by atoms with van der Waals surface area (Å²) in [6, 6.07) is 0.797. The van der Waals surface area contributed by atoms with Crippen LogP contribution in [0, 0.1) is 11.9 Å². The molecular formula is C17H18BrClF2N4O2. The molecule has 146 valence electrons. The summed E-state index contributed by atoms with van der Waals surface area (Å²) in [5.74, 6) is -0.785. The van der Waals surface area contributed by atoms with E-state index in [-0.39, 0.29) is 26.1 Å². The van der Waals surface area contributed by atoms with Gasteiger partial charge in [-0.1, -0.05) is 11.6 Å². The zero-order chi connectivity index (χ0) is 19.9. The number of aromatic nitrogens is 2. The molecule has 1 amide bonds. The number of ether oxygens (including phenoxy) is 1. The van der Waals surface area contributed by atoms with Gasteiger partial charge in [-0.25, -0.2) is 14.2 Å². The maximum atomic E-state index is 14.6. The van der Waals surface area contributed by atoms with Gasteiger partial charge in [0.15, 0.2) is 5.82 Å². The van der Waals surface area contributed by atoms with Crippen LogP contribution < -0.4 is 5.32 Å². The monoisotopic (exact) mass is 462 g/mol. The van der Waals surface area contributed by atoms with E-state index in [0.717, 1.165) is 0 Å². The van der Waals surface area contributed by atoms with Crippen LogP contribution in [-0.4, -0.2) is 46.2 Å². The molecule has 1 aliphatic heterocycles. The van der Waals surface area contributed by atoms with E-state index < -0.39 is 29.6 Å². The number of amides is 1. The summed E-state index contributed by atoms with van der Waals surface area (Å²) in [4.78, 5) is 21.5. The van der Waals surface area contributed by atoms with Crippen molar-refractivity contribution in [2.75, 3.05) is 19.6 Å². The van der Waals surface area contributed by atoms with Gasteiger partial charge in [-0.15, -0.1) is 0 Å². The normalized spacial score (nSPS) is 18.0. The molecule has 1 aromatic heterocycles. The van der Waals surface area contributed by atoms with Gasteiger partial charge in [0.25, 0.3) is 0 Å². The van der Waals surface area contributed by atoms with Gasteiger partial charge in [0, 0.05) is 25.0 Å². The average molecular weight is 464 g/mol. The molecule has 2 heterocycles. The lowest BCUT2D eigenvalue weighted by Crippen LogP contribution is -2.50. The maximum Gasteiger partial charge on any atom is 0.410 e. The number of halogens is 4. The van der Waals surface area contributed by atoms with Crippen molar-refractivity contribution >= 4 is 44.5 Å². The highest BCUT2D eigenvalue weighted by molar-refractivity contribution is 9.10. The molecule has 1 aliphatic rings. The van der Waals surface area contributed by atoms with Crippen molar-refractivity contribution < 1.29 is 18.3 Å². The Morgan fingerprint density at radius 3 is 2.78 bits per heavy atom. The fraction of sp³-hybridized carbons (Fsp3) is 0.471. The van der Waals surface area contributed by atoms with E-state index in [1.807, 2.05) is 0 Å². The lowest BCUT2D eigenvalue weighted by Gasteiger charge is -2.37. The van der Waals surface area contributed by atoms with E-state index in [2.05, 4.69) is 31.2 Å². The summed E-state index contributed by atoms with van der Waals surface area (Å²) < 4.78 is 34.1. The third-order valence-corrected chi connectivity index (χ3v) is 5.32. The Morgan fingerprint density at radius 2 is 2.11 bits per heavy atom. The lowest BCUT2D eigenvalue weighted by atomic mass is 10.0. The van der Waals surface area contributed by atoms with Gasteiger partial charge in [-0.3, -0.25) is 4.90 Å². The number of nitrogens with one attached hydrogen (secondary N) is 1. The van der Waals surface area contributed by atoms with Crippen LogP contribution in [0.3, 0.4) is 0 Å². The number of piperazine rings is 1. The van der Waals surface area contributed by atoms with Crippen LogP contribution in [0.25, 0.3) is 10.9 Å². The number of hydrogen-bond donors (Lipinski definition) is 1. The van der Waals surface area contributed by atoms with Crippen molar-refractivity contribution in [1.29, 1.82) is 0 Å². The summed E-state index contributed by atoms with van der Waals surface area (Å²) in [5, 5.41) is 3.48. The van der Waals surface area contributed by atoms with Crippen LogP contribution in [0.5, 0.6) is 0 Å². The average Bonchev–Trinajstić information content (AvgIpc) is 2.58. The molecule has 10 heteroatoms. The number of nitrogens with zero attached hydrogens (tertiary/aromatic N) is 3. The molecule has 1 aromatic carbocycles. The molecule has 0 radical (unpaired) electrons. The van der Waals surface area contributed by atoms with Crippen molar-refractivity contribution in [3.05, 3.63) is 33.2 Å². The van der Waals surface area contributed by atoms with Gasteiger partial charge in [0.05, 0.1) is 21.2 Å². The molecule has 1 saturated heterocycles. The molecule has 0 bridgehead atoms. The Morgan fingerprint density at radius 1 is 1.41 bits per heavy atom. The molecule has 6 nitrogen and oxygen atoms in total. The van der Waals surface area contributed by atoms with Crippen molar-refractivity contribution in [2.24, 2.45) is 0 Å². The Balaban J connectivity index is 2.13. The van der Waals surface area contributed by atoms with Gasteiger partial charge >= 0.3 is 12.2 Å². The summed E-state index contributed by atoms with van der Waals surface area (Å²) in [6.45, 7) is 6.46. The largest absolute Gasteiger partial charge is 0.444 e.